The Morgan fingerprint density at radius 2 is 1.90 bits per heavy atom. The van der Waals surface area contributed by atoms with Crippen molar-refractivity contribution in [1.82, 2.24) is 4.98 Å². The average molecular weight is 285 g/mol. The second-order valence-electron chi connectivity index (χ2n) is 5.15. The van der Waals surface area contributed by atoms with E-state index < -0.39 is 5.97 Å². The molecule has 1 aromatic carbocycles. The molecule has 4 heteroatoms. The van der Waals surface area contributed by atoms with E-state index in [9.17, 15) is 4.79 Å². The fourth-order valence-corrected chi connectivity index (χ4v) is 2.14. The van der Waals surface area contributed by atoms with E-state index in [0.29, 0.717) is 23.7 Å². The number of carboxylic acids is 1. The molecule has 0 unspecified atom stereocenters. The third-order valence-electron chi connectivity index (χ3n) is 3.44. The molecule has 0 amide bonds. The van der Waals surface area contributed by atoms with Crippen molar-refractivity contribution in [3.05, 3.63) is 52.2 Å². The summed E-state index contributed by atoms with van der Waals surface area (Å²) in [6.07, 6.45) is 0.656. The summed E-state index contributed by atoms with van der Waals surface area (Å²) in [4.78, 5) is 15.5. The highest BCUT2D eigenvalue weighted by atomic mass is 16.5. The number of benzene rings is 1. The van der Waals surface area contributed by atoms with Crippen LogP contribution in [0.15, 0.2) is 24.3 Å². The lowest BCUT2D eigenvalue weighted by Gasteiger charge is -2.12. The van der Waals surface area contributed by atoms with Crippen molar-refractivity contribution in [1.29, 1.82) is 0 Å². The van der Waals surface area contributed by atoms with E-state index >= 15 is 0 Å². The summed E-state index contributed by atoms with van der Waals surface area (Å²) in [7, 11) is 0. The highest BCUT2D eigenvalue weighted by Gasteiger charge is 2.11. The Balaban J connectivity index is 2.44. The number of carboxylic acid groups (broad SMARTS) is 1. The summed E-state index contributed by atoms with van der Waals surface area (Å²) >= 11 is 0. The Morgan fingerprint density at radius 3 is 2.52 bits per heavy atom. The molecule has 0 saturated heterocycles. The summed E-state index contributed by atoms with van der Waals surface area (Å²) < 4.78 is 5.83. The minimum absolute atomic E-state index is 0.193. The second kappa shape index (κ2) is 5.95. The Labute approximate surface area is 124 Å². The average Bonchev–Trinajstić information content (AvgIpc) is 2.43. The minimum atomic E-state index is -0.978. The maximum Gasteiger partial charge on any atom is 0.335 e. The Morgan fingerprint density at radius 1 is 1.19 bits per heavy atom. The van der Waals surface area contributed by atoms with Gasteiger partial charge in [0.15, 0.2) is 0 Å². The zero-order valence-electron chi connectivity index (χ0n) is 12.7. The Bertz CT molecular complexity index is 693. The van der Waals surface area contributed by atoms with Gasteiger partial charge in [-0.25, -0.2) is 9.78 Å². The van der Waals surface area contributed by atoms with Crippen LogP contribution < -0.4 is 4.74 Å². The van der Waals surface area contributed by atoms with Gasteiger partial charge in [0.05, 0.1) is 5.56 Å². The maximum atomic E-state index is 11.2. The van der Waals surface area contributed by atoms with Crippen molar-refractivity contribution in [2.45, 2.75) is 34.1 Å². The molecule has 1 N–H and O–H groups in total. The predicted octanol–water partition coefficient (Wildman–Crippen LogP) is 4.06. The minimum Gasteiger partial charge on any atom is -0.478 e. The van der Waals surface area contributed by atoms with Crippen LogP contribution >= 0.6 is 0 Å². The first-order valence-corrected chi connectivity index (χ1v) is 6.90. The van der Waals surface area contributed by atoms with Crippen molar-refractivity contribution in [2.24, 2.45) is 0 Å². The zero-order valence-corrected chi connectivity index (χ0v) is 12.7. The van der Waals surface area contributed by atoms with E-state index in [4.69, 9.17) is 9.84 Å². The Kier molecular flexibility index (Phi) is 4.26. The molecule has 0 atom stereocenters. The van der Waals surface area contributed by atoms with Crippen LogP contribution in [0.1, 0.15) is 39.7 Å². The standard InChI is InChI=1S/C17H19NO3/c1-5-14-8-13(17(19)20)9-16(18-14)21-15-7-10(2)6-11(3)12(15)4/h6-9H,5H2,1-4H3,(H,19,20). The van der Waals surface area contributed by atoms with Crippen molar-refractivity contribution in [2.75, 3.05) is 0 Å². The van der Waals surface area contributed by atoms with E-state index in [1.807, 2.05) is 33.8 Å². The molecule has 0 saturated carbocycles. The first kappa shape index (κ1) is 15.0. The predicted molar refractivity (Wildman–Crippen MR) is 81.3 cm³/mol. The number of aryl methyl sites for hydroxylation is 3. The van der Waals surface area contributed by atoms with E-state index in [0.717, 1.165) is 16.7 Å². The molecule has 0 radical (unpaired) electrons. The molecular weight excluding hydrogens is 266 g/mol. The molecule has 0 aliphatic heterocycles. The second-order valence-corrected chi connectivity index (χ2v) is 5.15. The van der Waals surface area contributed by atoms with Crippen LogP contribution in [0, 0.1) is 20.8 Å². The topological polar surface area (TPSA) is 59.4 Å². The number of hydrogen-bond donors (Lipinski definition) is 1. The lowest BCUT2D eigenvalue weighted by atomic mass is 10.1. The molecule has 4 nitrogen and oxygen atoms in total. The van der Waals surface area contributed by atoms with E-state index in [2.05, 4.69) is 11.1 Å². The summed E-state index contributed by atoms with van der Waals surface area (Å²) in [5.41, 5.74) is 4.15. The van der Waals surface area contributed by atoms with Gasteiger partial charge in [0.2, 0.25) is 5.88 Å². The lowest BCUT2D eigenvalue weighted by Crippen LogP contribution is -2.02. The van der Waals surface area contributed by atoms with E-state index in [1.165, 1.54) is 6.07 Å². The van der Waals surface area contributed by atoms with Crippen molar-refractivity contribution in [3.63, 3.8) is 0 Å². The highest BCUT2D eigenvalue weighted by Crippen LogP contribution is 2.28. The molecule has 1 aromatic heterocycles. The molecule has 0 aliphatic carbocycles. The molecule has 2 rings (SSSR count). The van der Waals surface area contributed by atoms with Gasteiger partial charge in [-0.15, -0.1) is 0 Å². The largest absolute Gasteiger partial charge is 0.478 e. The number of aromatic nitrogens is 1. The summed E-state index contributed by atoms with van der Waals surface area (Å²) in [6, 6.07) is 7.05. The van der Waals surface area contributed by atoms with Crippen LogP contribution in [0.3, 0.4) is 0 Å². The maximum absolute atomic E-state index is 11.2. The number of rotatable bonds is 4. The summed E-state index contributed by atoms with van der Waals surface area (Å²) in [5, 5.41) is 9.15. The van der Waals surface area contributed by atoms with Crippen molar-refractivity contribution >= 4 is 5.97 Å². The van der Waals surface area contributed by atoms with Crippen LogP contribution in [0.2, 0.25) is 0 Å². The van der Waals surface area contributed by atoms with Gasteiger partial charge in [-0.2, -0.15) is 0 Å². The molecule has 21 heavy (non-hydrogen) atoms. The SMILES string of the molecule is CCc1cc(C(=O)O)cc(Oc2cc(C)cc(C)c2C)n1. The number of hydrogen-bond acceptors (Lipinski definition) is 3. The van der Waals surface area contributed by atoms with Gasteiger partial charge < -0.3 is 9.84 Å². The monoisotopic (exact) mass is 285 g/mol. The van der Waals surface area contributed by atoms with Crippen molar-refractivity contribution in [3.8, 4) is 11.6 Å². The molecule has 2 aromatic rings. The molecular formula is C17H19NO3. The Hall–Kier alpha value is -2.36. The zero-order chi connectivity index (χ0) is 15.6. The summed E-state index contributed by atoms with van der Waals surface area (Å²) in [6.45, 7) is 7.93. The fraction of sp³-hybridized carbons (Fsp3) is 0.294. The van der Waals surface area contributed by atoms with Gasteiger partial charge in [-0.1, -0.05) is 13.0 Å². The van der Waals surface area contributed by atoms with E-state index in [1.54, 1.807) is 6.07 Å². The number of aromatic carboxylic acids is 1. The van der Waals surface area contributed by atoms with Gasteiger partial charge in [-0.05, 0) is 56.0 Å². The van der Waals surface area contributed by atoms with Crippen LogP contribution in [-0.4, -0.2) is 16.1 Å². The number of pyridine rings is 1. The fourth-order valence-electron chi connectivity index (χ4n) is 2.14. The van der Waals surface area contributed by atoms with Gasteiger partial charge in [0.1, 0.15) is 5.75 Å². The molecule has 1 heterocycles. The number of nitrogens with zero attached hydrogens (tertiary/aromatic N) is 1. The van der Waals surface area contributed by atoms with Crippen molar-refractivity contribution < 1.29 is 14.6 Å². The molecule has 0 spiro atoms. The van der Waals surface area contributed by atoms with Crippen LogP contribution in [-0.2, 0) is 6.42 Å². The van der Waals surface area contributed by atoms with Crippen LogP contribution in [0.4, 0.5) is 0 Å². The van der Waals surface area contributed by atoms with Gasteiger partial charge >= 0.3 is 5.97 Å². The van der Waals surface area contributed by atoms with Crippen LogP contribution in [0.25, 0.3) is 0 Å². The van der Waals surface area contributed by atoms with Gasteiger partial charge in [0.25, 0.3) is 0 Å². The normalized spacial score (nSPS) is 10.5. The molecule has 0 fully saturated rings. The first-order chi connectivity index (χ1) is 9.90. The number of ether oxygens (including phenoxy) is 1. The van der Waals surface area contributed by atoms with Gasteiger partial charge in [-0.3, -0.25) is 0 Å². The van der Waals surface area contributed by atoms with Crippen LogP contribution in [0.5, 0.6) is 11.6 Å². The first-order valence-electron chi connectivity index (χ1n) is 6.90. The molecule has 110 valence electrons. The van der Waals surface area contributed by atoms with Gasteiger partial charge in [0, 0.05) is 11.8 Å². The highest BCUT2D eigenvalue weighted by molar-refractivity contribution is 5.88. The lowest BCUT2D eigenvalue weighted by molar-refractivity contribution is 0.0696. The number of carbonyl (C=O) groups is 1. The molecule has 0 bridgehead atoms. The van der Waals surface area contributed by atoms with E-state index in [-0.39, 0.29) is 5.56 Å². The quantitative estimate of drug-likeness (QED) is 0.920. The third kappa shape index (κ3) is 3.40. The summed E-state index contributed by atoms with van der Waals surface area (Å²) in [5.74, 6) is 0.0542. The smallest absolute Gasteiger partial charge is 0.335 e. The molecule has 0 aliphatic rings. The third-order valence-corrected chi connectivity index (χ3v) is 3.44.